The van der Waals surface area contributed by atoms with Crippen molar-refractivity contribution in [2.24, 2.45) is 5.73 Å². The topological polar surface area (TPSA) is 43.1 Å². The minimum absolute atomic E-state index is 0.0967. The fraction of sp³-hybridized carbons (Fsp3) is 0.950. The van der Waals surface area contributed by atoms with Crippen molar-refractivity contribution < 1.29 is 4.79 Å². The molecule has 0 aliphatic rings. The molecule has 0 saturated heterocycles. The molecule has 0 fully saturated rings. The van der Waals surface area contributed by atoms with Gasteiger partial charge in [-0.1, -0.05) is 103 Å². The smallest absolute Gasteiger partial charge is 0.121 e. The number of aldehydes is 1. The van der Waals surface area contributed by atoms with Crippen LogP contribution in [-0.4, -0.2) is 12.3 Å². The first-order chi connectivity index (χ1) is 10.8. The van der Waals surface area contributed by atoms with Gasteiger partial charge in [-0.2, -0.15) is 0 Å². The monoisotopic (exact) mass is 311 g/mol. The molecule has 0 radical (unpaired) electrons. The van der Waals surface area contributed by atoms with E-state index >= 15 is 0 Å². The molecule has 0 heterocycles. The van der Waals surface area contributed by atoms with E-state index in [1.165, 1.54) is 96.3 Å². The summed E-state index contributed by atoms with van der Waals surface area (Å²) in [4.78, 5) is 10.3. The number of unbranched alkanes of at least 4 members (excludes halogenated alkanes) is 14. The fourth-order valence-electron chi connectivity index (χ4n) is 3.02. The van der Waals surface area contributed by atoms with Crippen LogP contribution in [0.4, 0.5) is 0 Å². The van der Waals surface area contributed by atoms with Crippen molar-refractivity contribution >= 4 is 6.29 Å². The Morgan fingerprint density at radius 3 is 1.41 bits per heavy atom. The van der Waals surface area contributed by atoms with Crippen LogP contribution >= 0.6 is 0 Å². The van der Waals surface area contributed by atoms with Crippen LogP contribution < -0.4 is 5.73 Å². The summed E-state index contributed by atoms with van der Waals surface area (Å²) in [6.45, 7) is 2.28. The molecule has 0 bridgehead atoms. The first-order valence-corrected chi connectivity index (χ1v) is 10.0. The SMILES string of the molecule is CCCCCCCCCCCCCCCCCC(N)CC=O. The zero-order valence-electron chi connectivity index (χ0n) is 15.2. The molecule has 0 amide bonds. The van der Waals surface area contributed by atoms with E-state index in [1.54, 1.807) is 0 Å². The fourth-order valence-corrected chi connectivity index (χ4v) is 3.02. The Kier molecular flexibility index (Phi) is 18.4. The van der Waals surface area contributed by atoms with Gasteiger partial charge in [0, 0.05) is 12.5 Å². The lowest BCUT2D eigenvalue weighted by Crippen LogP contribution is -2.19. The van der Waals surface area contributed by atoms with Gasteiger partial charge in [0.05, 0.1) is 0 Å². The molecule has 0 aromatic heterocycles. The third-order valence-electron chi connectivity index (χ3n) is 4.58. The van der Waals surface area contributed by atoms with E-state index < -0.39 is 0 Å². The van der Waals surface area contributed by atoms with Gasteiger partial charge in [-0.25, -0.2) is 0 Å². The van der Waals surface area contributed by atoms with E-state index in [4.69, 9.17) is 5.73 Å². The Hall–Kier alpha value is -0.370. The molecule has 0 aliphatic carbocycles. The lowest BCUT2D eigenvalue weighted by molar-refractivity contribution is -0.108. The molecule has 2 nitrogen and oxygen atoms in total. The second-order valence-electron chi connectivity index (χ2n) is 6.90. The van der Waals surface area contributed by atoms with Crippen molar-refractivity contribution in [2.75, 3.05) is 0 Å². The first kappa shape index (κ1) is 21.6. The highest BCUT2D eigenvalue weighted by Crippen LogP contribution is 2.14. The summed E-state index contributed by atoms with van der Waals surface area (Å²) in [6, 6.07) is 0.0967. The van der Waals surface area contributed by atoms with Gasteiger partial charge in [-0.15, -0.1) is 0 Å². The van der Waals surface area contributed by atoms with Crippen LogP contribution in [0.15, 0.2) is 0 Å². The van der Waals surface area contributed by atoms with E-state index in [2.05, 4.69) is 6.92 Å². The highest BCUT2D eigenvalue weighted by molar-refractivity contribution is 5.50. The number of carbonyl (C=O) groups is 1. The quantitative estimate of drug-likeness (QED) is 0.243. The normalized spacial score (nSPS) is 12.5. The molecule has 1 unspecified atom stereocenters. The standard InChI is InChI=1S/C20H41NO/c1-2-3-4-5-6-7-8-9-10-11-12-13-14-15-16-17-20(21)18-19-22/h19-20H,2-18,21H2,1H3. The van der Waals surface area contributed by atoms with Crippen molar-refractivity contribution in [3.8, 4) is 0 Å². The lowest BCUT2D eigenvalue weighted by atomic mass is 10.0. The number of rotatable bonds is 18. The molecule has 0 aromatic rings. The Labute approximate surface area is 139 Å². The molecule has 132 valence electrons. The number of carbonyl (C=O) groups excluding carboxylic acids is 1. The van der Waals surface area contributed by atoms with Gasteiger partial charge < -0.3 is 10.5 Å². The molecular weight excluding hydrogens is 270 g/mol. The summed E-state index contributed by atoms with van der Waals surface area (Å²) in [5, 5.41) is 0. The first-order valence-electron chi connectivity index (χ1n) is 10.0. The van der Waals surface area contributed by atoms with Crippen LogP contribution in [0.3, 0.4) is 0 Å². The van der Waals surface area contributed by atoms with Gasteiger partial charge in [0.2, 0.25) is 0 Å². The summed E-state index contributed by atoms with van der Waals surface area (Å²) < 4.78 is 0. The largest absolute Gasteiger partial charge is 0.327 e. The van der Waals surface area contributed by atoms with Gasteiger partial charge in [0.15, 0.2) is 0 Å². The molecule has 0 aliphatic heterocycles. The second kappa shape index (κ2) is 18.7. The highest BCUT2D eigenvalue weighted by Gasteiger charge is 2.00. The lowest BCUT2D eigenvalue weighted by Gasteiger charge is -2.07. The van der Waals surface area contributed by atoms with Gasteiger partial charge in [0.25, 0.3) is 0 Å². The van der Waals surface area contributed by atoms with E-state index in [0.717, 1.165) is 12.7 Å². The Morgan fingerprint density at radius 2 is 1.05 bits per heavy atom. The van der Waals surface area contributed by atoms with Gasteiger partial charge in [-0.3, -0.25) is 0 Å². The summed E-state index contributed by atoms with van der Waals surface area (Å²) >= 11 is 0. The van der Waals surface area contributed by atoms with E-state index in [0.29, 0.717) is 6.42 Å². The minimum Gasteiger partial charge on any atom is -0.327 e. The molecule has 0 saturated carbocycles. The molecule has 2 heteroatoms. The third kappa shape index (κ3) is 17.7. The maximum absolute atomic E-state index is 10.3. The molecule has 2 N–H and O–H groups in total. The average molecular weight is 312 g/mol. The Balaban J connectivity index is 3.01. The second-order valence-corrected chi connectivity index (χ2v) is 6.90. The predicted molar refractivity (Wildman–Crippen MR) is 98.2 cm³/mol. The third-order valence-corrected chi connectivity index (χ3v) is 4.58. The van der Waals surface area contributed by atoms with Crippen LogP contribution in [0.5, 0.6) is 0 Å². The van der Waals surface area contributed by atoms with Gasteiger partial charge >= 0.3 is 0 Å². The van der Waals surface area contributed by atoms with E-state index in [-0.39, 0.29) is 6.04 Å². The number of nitrogens with two attached hydrogens (primary N) is 1. The van der Waals surface area contributed by atoms with Crippen molar-refractivity contribution in [3.63, 3.8) is 0 Å². The number of hydrogen-bond acceptors (Lipinski definition) is 2. The summed E-state index contributed by atoms with van der Waals surface area (Å²) in [5.74, 6) is 0. The van der Waals surface area contributed by atoms with Crippen molar-refractivity contribution in [2.45, 2.75) is 122 Å². The van der Waals surface area contributed by atoms with Crippen LogP contribution in [0, 0.1) is 0 Å². The van der Waals surface area contributed by atoms with Gasteiger partial charge in [0.1, 0.15) is 6.29 Å². The van der Waals surface area contributed by atoms with Crippen molar-refractivity contribution in [1.82, 2.24) is 0 Å². The van der Waals surface area contributed by atoms with Crippen molar-refractivity contribution in [1.29, 1.82) is 0 Å². The van der Waals surface area contributed by atoms with Crippen LogP contribution in [-0.2, 0) is 4.79 Å². The average Bonchev–Trinajstić information content (AvgIpc) is 2.51. The molecular formula is C20H41NO. The van der Waals surface area contributed by atoms with Crippen molar-refractivity contribution in [3.05, 3.63) is 0 Å². The summed E-state index contributed by atoms with van der Waals surface area (Å²) in [7, 11) is 0. The van der Waals surface area contributed by atoms with Crippen LogP contribution in [0.1, 0.15) is 116 Å². The molecule has 0 spiro atoms. The van der Waals surface area contributed by atoms with E-state index in [1.807, 2.05) is 0 Å². The predicted octanol–water partition coefficient (Wildman–Crippen LogP) is 6.16. The Morgan fingerprint density at radius 1 is 0.682 bits per heavy atom. The van der Waals surface area contributed by atoms with Crippen LogP contribution in [0.2, 0.25) is 0 Å². The van der Waals surface area contributed by atoms with Crippen LogP contribution in [0.25, 0.3) is 0 Å². The zero-order valence-corrected chi connectivity index (χ0v) is 15.2. The van der Waals surface area contributed by atoms with Gasteiger partial charge in [-0.05, 0) is 6.42 Å². The van der Waals surface area contributed by atoms with E-state index in [9.17, 15) is 4.79 Å². The summed E-state index contributed by atoms with van der Waals surface area (Å²) in [5.41, 5.74) is 5.81. The number of hydrogen-bond donors (Lipinski definition) is 1. The molecule has 22 heavy (non-hydrogen) atoms. The molecule has 1 atom stereocenters. The Bertz CT molecular complexity index is 218. The minimum atomic E-state index is 0.0967. The highest BCUT2D eigenvalue weighted by atomic mass is 16.1. The zero-order chi connectivity index (χ0) is 16.3. The maximum Gasteiger partial charge on any atom is 0.121 e. The maximum atomic E-state index is 10.3. The molecule has 0 rings (SSSR count). The molecule has 0 aromatic carbocycles. The summed E-state index contributed by atoms with van der Waals surface area (Å²) in [6.07, 6.45) is 23.4.